The minimum absolute atomic E-state index is 0.0442. The van der Waals surface area contributed by atoms with Gasteiger partial charge in [-0.05, 0) is 49.6 Å². The number of thiophene rings is 1. The normalized spacial score (nSPS) is 11.6. The van der Waals surface area contributed by atoms with Gasteiger partial charge in [-0.25, -0.2) is 4.79 Å². The molecule has 0 radical (unpaired) electrons. The molecule has 0 aliphatic heterocycles. The van der Waals surface area contributed by atoms with Gasteiger partial charge in [0.1, 0.15) is 5.75 Å². The van der Waals surface area contributed by atoms with E-state index in [4.69, 9.17) is 9.47 Å². The zero-order valence-corrected chi connectivity index (χ0v) is 13.9. The Morgan fingerprint density at radius 2 is 1.96 bits per heavy atom. The van der Waals surface area contributed by atoms with Crippen molar-refractivity contribution in [3.63, 3.8) is 0 Å². The van der Waals surface area contributed by atoms with Crippen LogP contribution in [0.2, 0.25) is 0 Å². The first-order valence-corrected chi connectivity index (χ1v) is 8.21. The van der Waals surface area contributed by atoms with Crippen LogP contribution in [0.4, 0.5) is 0 Å². The minimum Gasteiger partial charge on any atom is -0.484 e. The summed E-state index contributed by atoms with van der Waals surface area (Å²) in [6.07, 6.45) is 0. The maximum Gasteiger partial charge on any atom is 0.338 e. The van der Waals surface area contributed by atoms with Crippen LogP contribution in [-0.4, -0.2) is 25.1 Å². The van der Waals surface area contributed by atoms with Crippen LogP contribution in [0.5, 0.6) is 5.75 Å². The molecule has 122 valence electrons. The average Bonchev–Trinajstić information content (AvgIpc) is 3.08. The van der Waals surface area contributed by atoms with Crippen molar-refractivity contribution < 1.29 is 19.1 Å². The highest BCUT2D eigenvalue weighted by molar-refractivity contribution is 7.10. The van der Waals surface area contributed by atoms with E-state index in [0.717, 1.165) is 4.88 Å². The molecule has 23 heavy (non-hydrogen) atoms. The molecule has 6 heteroatoms. The first-order valence-electron chi connectivity index (χ1n) is 7.33. The van der Waals surface area contributed by atoms with Crippen molar-refractivity contribution in [2.75, 3.05) is 13.2 Å². The van der Waals surface area contributed by atoms with Gasteiger partial charge in [0.05, 0.1) is 18.2 Å². The Morgan fingerprint density at radius 1 is 1.22 bits per heavy atom. The fourth-order valence-corrected chi connectivity index (χ4v) is 2.68. The summed E-state index contributed by atoms with van der Waals surface area (Å²) in [6, 6.07) is 10.4. The summed E-state index contributed by atoms with van der Waals surface area (Å²) in [5.74, 6) is -0.0427. The second-order valence-electron chi connectivity index (χ2n) is 4.84. The molecule has 1 N–H and O–H groups in total. The number of benzene rings is 1. The summed E-state index contributed by atoms with van der Waals surface area (Å²) >= 11 is 1.60. The van der Waals surface area contributed by atoms with Crippen molar-refractivity contribution in [1.29, 1.82) is 0 Å². The number of hydrogen-bond acceptors (Lipinski definition) is 5. The van der Waals surface area contributed by atoms with Crippen molar-refractivity contribution in [2.24, 2.45) is 0 Å². The Morgan fingerprint density at radius 3 is 2.57 bits per heavy atom. The zero-order valence-electron chi connectivity index (χ0n) is 13.1. The molecule has 1 heterocycles. The number of esters is 1. The first kappa shape index (κ1) is 17.0. The van der Waals surface area contributed by atoms with Crippen molar-refractivity contribution >= 4 is 23.2 Å². The van der Waals surface area contributed by atoms with Crippen LogP contribution in [0.15, 0.2) is 41.8 Å². The van der Waals surface area contributed by atoms with Crippen molar-refractivity contribution in [1.82, 2.24) is 5.32 Å². The van der Waals surface area contributed by atoms with Gasteiger partial charge in [-0.1, -0.05) is 6.07 Å². The summed E-state index contributed by atoms with van der Waals surface area (Å²) in [7, 11) is 0. The molecule has 0 fully saturated rings. The first-order chi connectivity index (χ1) is 11.1. The van der Waals surface area contributed by atoms with Crippen LogP contribution in [0, 0.1) is 0 Å². The molecule has 2 rings (SSSR count). The van der Waals surface area contributed by atoms with E-state index in [9.17, 15) is 9.59 Å². The van der Waals surface area contributed by atoms with E-state index in [1.165, 1.54) is 0 Å². The maximum absolute atomic E-state index is 11.9. The second-order valence-corrected chi connectivity index (χ2v) is 5.82. The number of carbonyl (C=O) groups excluding carboxylic acids is 2. The van der Waals surface area contributed by atoms with Gasteiger partial charge in [-0.15, -0.1) is 11.3 Å². The maximum atomic E-state index is 11.9. The molecule has 0 saturated carbocycles. The standard InChI is InChI=1S/C17H19NO4S/c1-3-21-17(20)13-6-8-14(9-7-13)22-11-16(19)18-12(2)15-5-4-10-23-15/h4-10,12H,3,11H2,1-2H3,(H,18,19). The number of ether oxygens (including phenoxy) is 2. The van der Waals surface area contributed by atoms with Crippen molar-refractivity contribution in [2.45, 2.75) is 19.9 Å². The lowest BCUT2D eigenvalue weighted by molar-refractivity contribution is -0.123. The number of rotatable bonds is 7. The Balaban J connectivity index is 1.81. The number of nitrogens with one attached hydrogen (secondary N) is 1. The molecule has 0 aliphatic carbocycles. The third-order valence-corrected chi connectivity index (χ3v) is 4.14. The number of amides is 1. The Labute approximate surface area is 139 Å². The molecule has 2 aromatic rings. The van der Waals surface area contributed by atoms with E-state index in [1.54, 1.807) is 42.5 Å². The van der Waals surface area contributed by atoms with Crippen LogP contribution in [0.25, 0.3) is 0 Å². The smallest absolute Gasteiger partial charge is 0.338 e. The predicted octanol–water partition coefficient (Wildman–Crippen LogP) is 3.18. The number of carbonyl (C=O) groups is 2. The average molecular weight is 333 g/mol. The van der Waals surface area contributed by atoms with E-state index in [-0.39, 0.29) is 24.5 Å². The molecule has 0 bridgehead atoms. The topological polar surface area (TPSA) is 64.6 Å². The SMILES string of the molecule is CCOC(=O)c1ccc(OCC(=O)NC(C)c2cccs2)cc1. The molecule has 0 spiro atoms. The van der Waals surface area contributed by atoms with Crippen molar-refractivity contribution in [3.8, 4) is 5.75 Å². The Bertz CT molecular complexity index is 637. The van der Waals surface area contributed by atoms with E-state index in [0.29, 0.717) is 17.9 Å². The van der Waals surface area contributed by atoms with Gasteiger partial charge in [-0.2, -0.15) is 0 Å². The highest BCUT2D eigenvalue weighted by Gasteiger charge is 2.11. The molecule has 1 amide bonds. The minimum atomic E-state index is -0.374. The summed E-state index contributed by atoms with van der Waals surface area (Å²) in [5, 5.41) is 4.84. The fourth-order valence-electron chi connectivity index (χ4n) is 1.94. The van der Waals surface area contributed by atoms with Crippen molar-refractivity contribution in [3.05, 3.63) is 52.2 Å². The van der Waals surface area contributed by atoms with Gasteiger partial charge in [0.25, 0.3) is 5.91 Å². The van der Waals surface area contributed by atoms with Gasteiger partial charge < -0.3 is 14.8 Å². The van der Waals surface area contributed by atoms with Crippen LogP contribution in [-0.2, 0) is 9.53 Å². The van der Waals surface area contributed by atoms with Gasteiger partial charge in [0.2, 0.25) is 0 Å². The second kappa shape index (κ2) is 8.33. The summed E-state index contributed by atoms with van der Waals surface area (Å²) in [6.45, 7) is 3.94. The highest BCUT2D eigenvalue weighted by atomic mass is 32.1. The van der Waals surface area contributed by atoms with Gasteiger partial charge in [0, 0.05) is 4.88 Å². The lowest BCUT2D eigenvalue weighted by Crippen LogP contribution is -2.30. The molecule has 0 saturated heterocycles. The zero-order chi connectivity index (χ0) is 16.7. The Kier molecular flexibility index (Phi) is 6.17. The van der Waals surface area contributed by atoms with Gasteiger partial charge >= 0.3 is 5.97 Å². The van der Waals surface area contributed by atoms with Gasteiger partial charge in [0.15, 0.2) is 6.61 Å². The van der Waals surface area contributed by atoms with E-state index in [2.05, 4.69) is 5.32 Å². The molecule has 5 nitrogen and oxygen atoms in total. The highest BCUT2D eigenvalue weighted by Crippen LogP contribution is 2.18. The lowest BCUT2D eigenvalue weighted by atomic mass is 10.2. The van der Waals surface area contributed by atoms with E-state index < -0.39 is 0 Å². The Hall–Kier alpha value is -2.34. The lowest BCUT2D eigenvalue weighted by Gasteiger charge is -2.13. The van der Waals surface area contributed by atoms with E-state index in [1.807, 2.05) is 24.4 Å². The summed E-state index contributed by atoms with van der Waals surface area (Å²) < 4.78 is 10.3. The monoisotopic (exact) mass is 333 g/mol. The molecule has 1 aromatic heterocycles. The largest absolute Gasteiger partial charge is 0.484 e. The predicted molar refractivity (Wildman–Crippen MR) is 88.8 cm³/mol. The summed E-state index contributed by atoms with van der Waals surface area (Å²) in [4.78, 5) is 24.5. The molecule has 1 unspecified atom stereocenters. The quantitative estimate of drug-likeness (QED) is 0.791. The van der Waals surface area contributed by atoms with Crippen LogP contribution >= 0.6 is 11.3 Å². The fraction of sp³-hybridized carbons (Fsp3) is 0.294. The van der Waals surface area contributed by atoms with E-state index >= 15 is 0 Å². The van der Waals surface area contributed by atoms with Gasteiger partial charge in [-0.3, -0.25) is 4.79 Å². The molecular weight excluding hydrogens is 314 g/mol. The number of hydrogen-bond donors (Lipinski definition) is 1. The third-order valence-electron chi connectivity index (χ3n) is 3.08. The van der Waals surface area contributed by atoms with Crippen LogP contribution < -0.4 is 10.1 Å². The molecule has 1 aromatic carbocycles. The third kappa shape index (κ3) is 5.10. The summed E-state index contributed by atoms with van der Waals surface area (Å²) in [5.41, 5.74) is 0.454. The molecular formula is C17H19NO4S. The van der Waals surface area contributed by atoms with Crippen LogP contribution in [0.3, 0.4) is 0 Å². The molecule has 1 atom stereocenters. The van der Waals surface area contributed by atoms with Crippen LogP contribution in [0.1, 0.15) is 35.1 Å². The molecule has 0 aliphatic rings.